The predicted molar refractivity (Wildman–Crippen MR) is 95.1 cm³/mol. The van der Waals surface area contributed by atoms with Crippen LogP contribution in [0.5, 0.6) is 0 Å². The maximum Gasteiger partial charge on any atom is 0.416 e. The number of nitrogens with one attached hydrogen (secondary N) is 1. The molecule has 0 bridgehead atoms. The fraction of sp³-hybridized carbons (Fsp3) is 0.294. The van der Waals surface area contributed by atoms with Gasteiger partial charge in [0.05, 0.1) is 12.0 Å². The molecule has 7 nitrogen and oxygen atoms in total. The average molecular weight is 412 g/mol. The van der Waals surface area contributed by atoms with Crippen LogP contribution in [0.15, 0.2) is 43.5 Å². The summed E-state index contributed by atoms with van der Waals surface area (Å²) in [5.74, 6) is 0.379. The van der Waals surface area contributed by atoms with Crippen molar-refractivity contribution >= 4 is 11.8 Å². The zero-order valence-corrected chi connectivity index (χ0v) is 15.6. The van der Waals surface area contributed by atoms with E-state index in [4.69, 9.17) is 4.42 Å². The molecule has 0 amide bonds. The lowest BCUT2D eigenvalue weighted by molar-refractivity contribution is -0.137. The summed E-state index contributed by atoms with van der Waals surface area (Å²) in [6.45, 7) is 1.60. The van der Waals surface area contributed by atoms with Gasteiger partial charge in [-0.25, -0.2) is 4.79 Å². The van der Waals surface area contributed by atoms with Crippen LogP contribution in [0.4, 0.5) is 13.2 Å². The molecule has 0 aliphatic heterocycles. The number of aryl methyl sites for hydroxylation is 1. The van der Waals surface area contributed by atoms with Crippen molar-refractivity contribution in [1.82, 2.24) is 19.7 Å². The van der Waals surface area contributed by atoms with Crippen LogP contribution in [-0.4, -0.2) is 19.7 Å². The summed E-state index contributed by atoms with van der Waals surface area (Å²) in [6, 6.07) is 4.99. The summed E-state index contributed by atoms with van der Waals surface area (Å²) in [5.41, 5.74) is -0.512. The van der Waals surface area contributed by atoms with E-state index in [2.05, 4.69) is 15.2 Å². The van der Waals surface area contributed by atoms with Crippen molar-refractivity contribution in [3.8, 4) is 0 Å². The highest BCUT2D eigenvalue weighted by Crippen LogP contribution is 2.31. The summed E-state index contributed by atoms with van der Waals surface area (Å²) in [5, 5.41) is 7.87. The normalized spacial score (nSPS) is 11.8. The molecule has 1 N–H and O–H groups in total. The van der Waals surface area contributed by atoms with Crippen molar-refractivity contribution in [2.75, 3.05) is 0 Å². The largest absolute Gasteiger partial charge is 0.416 e. The van der Waals surface area contributed by atoms with E-state index >= 15 is 0 Å². The van der Waals surface area contributed by atoms with Crippen molar-refractivity contribution in [3.05, 3.63) is 73.4 Å². The van der Waals surface area contributed by atoms with E-state index in [1.807, 2.05) is 0 Å². The highest BCUT2D eigenvalue weighted by Gasteiger charge is 2.30. The van der Waals surface area contributed by atoms with Crippen molar-refractivity contribution in [2.45, 2.75) is 30.5 Å². The highest BCUT2D eigenvalue weighted by molar-refractivity contribution is 7.98. The zero-order valence-electron chi connectivity index (χ0n) is 14.8. The molecule has 0 unspecified atom stereocenters. The zero-order chi connectivity index (χ0) is 20.5. The molecule has 0 saturated carbocycles. The number of aromatic amines is 1. The molecule has 148 valence electrons. The van der Waals surface area contributed by atoms with Crippen molar-refractivity contribution < 1.29 is 17.6 Å². The molecule has 0 aliphatic rings. The van der Waals surface area contributed by atoms with E-state index in [1.165, 1.54) is 13.1 Å². The van der Waals surface area contributed by atoms with Gasteiger partial charge in [0.1, 0.15) is 0 Å². The van der Waals surface area contributed by atoms with E-state index in [-0.39, 0.29) is 23.3 Å². The molecule has 3 rings (SSSR count). The molecule has 1 aromatic carbocycles. The van der Waals surface area contributed by atoms with E-state index < -0.39 is 23.0 Å². The maximum atomic E-state index is 12.8. The van der Waals surface area contributed by atoms with Gasteiger partial charge in [0.15, 0.2) is 0 Å². The Labute approximate surface area is 160 Å². The standard InChI is InChI=1S/C17H15F3N4O3S/c1-9-12(14(25)24(2)15(26)21-9)7-13-22-23-16(27-13)28-8-10-4-3-5-11(6-10)17(18,19)20/h3-6H,7-8H2,1-2H3,(H,21,26). The van der Waals surface area contributed by atoms with E-state index in [9.17, 15) is 22.8 Å². The van der Waals surface area contributed by atoms with Gasteiger partial charge in [0, 0.05) is 24.1 Å². The van der Waals surface area contributed by atoms with Crippen LogP contribution in [0.1, 0.15) is 28.3 Å². The van der Waals surface area contributed by atoms with Crippen LogP contribution in [0, 0.1) is 6.92 Å². The topological polar surface area (TPSA) is 93.8 Å². The number of thioether (sulfide) groups is 1. The number of aromatic nitrogens is 4. The van der Waals surface area contributed by atoms with Gasteiger partial charge < -0.3 is 9.40 Å². The Hall–Kier alpha value is -2.82. The summed E-state index contributed by atoms with van der Waals surface area (Å²) < 4.78 is 44.7. The number of halogens is 3. The van der Waals surface area contributed by atoms with Gasteiger partial charge in [-0.05, 0) is 18.6 Å². The molecule has 0 radical (unpaired) electrons. The molecule has 0 atom stereocenters. The first-order valence-electron chi connectivity index (χ1n) is 8.05. The average Bonchev–Trinajstić information content (AvgIpc) is 3.09. The Kier molecular flexibility index (Phi) is 5.45. The molecule has 28 heavy (non-hydrogen) atoms. The molecule has 2 aromatic heterocycles. The van der Waals surface area contributed by atoms with Gasteiger partial charge in [-0.15, -0.1) is 10.2 Å². The summed E-state index contributed by atoms with van der Waals surface area (Å²) in [6.07, 6.45) is -4.37. The first-order valence-corrected chi connectivity index (χ1v) is 9.04. The van der Waals surface area contributed by atoms with Crippen molar-refractivity contribution in [1.29, 1.82) is 0 Å². The smallest absolute Gasteiger partial charge is 0.416 e. The Morgan fingerprint density at radius 1 is 1.25 bits per heavy atom. The van der Waals surface area contributed by atoms with E-state index in [0.29, 0.717) is 16.8 Å². The van der Waals surface area contributed by atoms with Crippen LogP contribution >= 0.6 is 11.8 Å². The lowest BCUT2D eigenvalue weighted by Gasteiger charge is -2.07. The maximum absolute atomic E-state index is 12.8. The van der Waals surface area contributed by atoms with Gasteiger partial charge >= 0.3 is 11.9 Å². The lowest BCUT2D eigenvalue weighted by Crippen LogP contribution is -2.36. The third-order valence-electron chi connectivity index (χ3n) is 4.01. The molecule has 2 heterocycles. The van der Waals surface area contributed by atoms with E-state index in [0.717, 1.165) is 28.5 Å². The fourth-order valence-electron chi connectivity index (χ4n) is 2.48. The van der Waals surface area contributed by atoms with Gasteiger partial charge in [0.25, 0.3) is 10.8 Å². The molecular weight excluding hydrogens is 397 g/mol. The van der Waals surface area contributed by atoms with Crippen molar-refractivity contribution in [2.24, 2.45) is 7.05 Å². The minimum atomic E-state index is -4.40. The molecule has 0 saturated heterocycles. The highest BCUT2D eigenvalue weighted by atomic mass is 32.2. The Bertz CT molecular complexity index is 1120. The molecule has 0 fully saturated rings. The number of rotatable bonds is 5. The second-order valence-corrected chi connectivity index (χ2v) is 6.95. The second-order valence-electron chi connectivity index (χ2n) is 6.02. The third-order valence-corrected chi connectivity index (χ3v) is 4.90. The number of alkyl halides is 3. The van der Waals surface area contributed by atoms with Crippen LogP contribution in [0.2, 0.25) is 0 Å². The Balaban J connectivity index is 1.72. The Morgan fingerprint density at radius 2 is 2.00 bits per heavy atom. The van der Waals surface area contributed by atoms with Crippen LogP contribution in [0.25, 0.3) is 0 Å². The van der Waals surface area contributed by atoms with Gasteiger partial charge in [-0.2, -0.15) is 13.2 Å². The van der Waals surface area contributed by atoms with Crippen LogP contribution in [-0.2, 0) is 25.4 Å². The monoisotopic (exact) mass is 412 g/mol. The summed E-state index contributed by atoms with van der Waals surface area (Å²) in [7, 11) is 1.36. The van der Waals surface area contributed by atoms with Gasteiger partial charge in [-0.3, -0.25) is 9.36 Å². The molecular formula is C17H15F3N4O3S. The minimum Gasteiger partial charge on any atom is -0.416 e. The van der Waals surface area contributed by atoms with Gasteiger partial charge in [0.2, 0.25) is 5.89 Å². The Morgan fingerprint density at radius 3 is 2.71 bits per heavy atom. The van der Waals surface area contributed by atoms with Crippen LogP contribution < -0.4 is 11.2 Å². The number of benzene rings is 1. The first kappa shape index (κ1) is 19.9. The second kappa shape index (κ2) is 7.66. The summed E-state index contributed by atoms with van der Waals surface area (Å²) >= 11 is 1.09. The van der Waals surface area contributed by atoms with Crippen molar-refractivity contribution in [3.63, 3.8) is 0 Å². The number of nitrogens with zero attached hydrogens (tertiary/aromatic N) is 3. The molecule has 11 heteroatoms. The van der Waals surface area contributed by atoms with E-state index in [1.54, 1.807) is 13.0 Å². The third kappa shape index (κ3) is 4.35. The predicted octanol–water partition coefficient (Wildman–Crippen LogP) is 2.67. The number of hydrogen-bond acceptors (Lipinski definition) is 6. The van der Waals surface area contributed by atoms with Gasteiger partial charge in [-0.1, -0.05) is 30.0 Å². The van der Waals surface area contributed by atoms with Crippen LogP contribution in [0.3, 0.4) is 0 Å². The first-order chi connectivity index (χ1) is 13.1. The minimum absolute atomic E-state index is 0.0341. The number of hydrogen-bond donors (Lipinski definition) is 1. The molecule has 0 spiro atoms. The quantitative estimate of drug-likeness (QED) is 0.648. The summed E-state index contributed by atoms with van der Waals surface area (Å²) in [4.78, 5) is 26.3. The number of H-pyrrole nitrogens is 1. The molecule has 0 aliphatic carbocycles. The lowest BCUT2D eigenvalue weighted by atomic mass is 10.1. The fourth-order valence-corrected chi connectivity index (χ4v) is 3.21. The molecule has 3 aromatic rings. The SMILES string of the molecule is Cc1[nH]c(=O)n(C)c(=O)c1Cc1nnc(SCc2cccc(C(F)(F)F)c2)o1.